The van der Waals surface area contributed by atoms with Crippen molar-refractivity contribution in [1.82, 2.24) is 0 Å². The van der Waals surface area contributed by atoms with Crippen LogP contribution in [0.3, 0.4) is 0 Å². The predicted molar refractivity (Wildman–Crippen MR) is 60.6 cm³/mol. The first-order chi connectivity index (χ1) is 6.63. The number of rotatable bonds is 3. The van der Waals surface area contributed by atoms with Crippen LogP contribution in [-0.2, 0) is 4.79 Å². The maximum atomic E-state index is 10.9. The molecule has 0 radical (unpaired) electrons. The summed E-state index contributed by atoms with van der Waals surface area (Å²) in [7, 11) is 1.62. The van der Waals surface area contributed by atoms with Crippen molar-refractivity contribution in [3.05, 3.63) is 34.3 Å². The minimum atomic E-state index is 0.0146. The molecule has 3 heteroatoms. The van der Waals surface area contributed by atoms with Gasteiger partial charge in [-0.3, -0.25) is 4.79 Å². The fraction of sp³-hybridized carbons (Fsp3) is 0.182. The first kappa shape index (κ1) is 11.0. The Hall–Kier alpha value is -1.09. The molecule has 0 N–H and O–H groups in total. The number of hydrogen-bond acceptors (Lipinski definition) is 2. The monoisotopic (exact) mass is 254 g/mol. The molecule has 2 nitrogen and oxygen atoms in total. The zero-order valence-electron chi connectivity index (χ0n) is 8.08. The number of ether oxygens (including phenoxy) is 1. The molecule has 0 amide bonds. The number of carbonyl (C=O) groups is 1. The minimum Gasteiger partial charge on any atom is -0.497 e. The number of hydrogen-bond donors (Lipinski definition) is 0. The van der Waals surface area contributed by atoms with Gasteiger partial charge in [-0.05, 0) is 46.6 Å². The molecular formula is C11H11BrO2. The van der Waals surface area contributed by atoms with Crippen molar-refractivity contribution >= 4 is 27.8 Å². The van der Waals surface area contributed by atoms with Crippen LogP contribution >= 0.6 is 15.9 Å². The van der Waals surface area contributed by atoms with Gasteiger partial charge in [0.15, 0.2) is 5.78 Å². The van der Waals surface area contributed by atoms with Gasteiger partial charge < -0.3 is 4.74 Å². The molecule has 1 aromatic carbocycles. The lowest BCUT2D eigenvalue weighted by Gasteiger charge is -1.99. The third-order valence-electron chi connectivity index (χ3n) is 1.75. The molecule has 0 aliphatic carbocycles. The van der Waals surface area contributed by atoms with Crippen LogP contribution in [0.4, 0.5) is 0 Å². The largest absolute Gasteiger partial charge is 0.497 e. The second-order valence-electron chi connectivity index (χ2n) is 2.82. The Morgan fingerprint density at radius 3 is 2.36 bits per heavy atom. The third-order valence-corrected chi connectivity index (χ3v) is 2.53. The lowest BCUT2D eigenvalue weighted by molar-refractivity contribution is -0.112. The number of ketones is 1. The molecule has 74 valence electrons. The Morgan fingerprint density at radius 1 is 1.36 bits per heavy atom. The molecule has 0 fully saturated rings. The van der Waals surface area contributed by atoms with Crippen LogP contribution in [-0.4, -0.2) is 12.9 Å². The maximum Gasteiger partial charge on any atom is 0.166 e. The number of halogens is 1. The van der Waals surface area contributed by atoms with Gasteiger partial charge in [-0.2, -0.15) is 0 Å². The normalized spacial score (nSPS) is 11.2. The van der Waals surface area contributed by atoms with Crippen LogP contribution in [0.25, 0.3) is 6.08 Å². The van der Waals surface area contributed by atoms with E-state index in [1.165, 1.54) is 6.92 Å². The molecule has 1 aromatic rings. The van der Waals surface area contributed by atoms with Crippen molar-refractivity contribution in [1.29, 1.82) is 0 Å². The Labute approximate surface area is 91.7 Å². The second kappa shape index (κ2) is 4.96. The molecular weight excluding hydrogens is 244 g/mol. The first-order valence-corrected chi connectivity index (χ1v) is 4.95. The number of benzene rings is 1. The zero-order chi connectivity index (χ0) is 10.6. The van der Waals surface area contributed by atoms with E-state index in [0.717, 1.165) is 11.3 Å². The van der Waals surface area contributed by atoms with Gasteiger partial charge in [-0.25, -0.2) is 0 Å². The van der Waals surface area contributed by atoms with Gasteiger partial charge in [-0.15, -0.1) is 0 Å². The van der Waals surface area contributed by atoms with Gasteiger partial charge in [0.1, 0.15) is 5.75 Å². The van der Waals surface area contributed by atoms with E-state index in [4.69, 9.17) is 4.74 Å². The van der Waals surface area contributed by atoms with Gasteiger partial charge >= 0.3 is 0 Å². The van der Waals surface area contributed by atoms with Crippen LogP contribution in [0.15, 0.2) is 28.7 Å². The van der Waals surface area contributed by atoms with E-state index < -0.39 is 0 Å². The Balaban J connectivity index is 2.88. The summed E-state index contributed by atoms with van der Waals surface area (Å²) in [6.45, 7) is 1.52. The number of methoxy groups -OCH3 is 1. The van der Waals surface area contributed by atoms with Crippen molar-refractivity contribution in [2.45, 2.75) is 6.92 Å². The highest BCUT2D eigenvalue weighted by Crippen LogP contribution is 2.16. The summed E-state index contributed by atoms with van der Waals surface area (Å²) in [5.74, 6) is 0.821. The smallest absolute Gasteiger partial charge is 0.166 e. The molecule has 0 aromatic heterocycles. The lowest BCUT2D eigenvalue weighted by Crippen LogP contribution is -1.87. The molecule has 1 rings (SSSR count). The topological polar surface area (TPSA) is 26.3 Å². The highest BCUT2D eigenvalue weighted by atomic mass is 79.9. The minimum absolute atomic E-state index is 0.0146. The molecule has 0 saturated carbocycles. The average molecular weight is 255 g/mol. The fourth-order valence-corrected chi connectivity index (χ4v) is 1.21. The van der Waals surface area contributed by atoms with E-state index in [1.54, 1.807) is 13.2 Å². The van der Waals surface area contributed by atoms with Gasteiger partial charge in [0.25, 0.3) is 0 Å². The van der Waals surface area contributed by atoms with Crippen molar-refractivity contribution < 1.29 is 9.53 Å². The predicted octanol–water partition coefficient (Wildman–Crippen LogP) is 3.02. The summed E-state index contributed by atoms with van der Waals surface area (Å²) in [6.07, 6.45) is 1.78. The van der Waals surface area contributed by atoms with Crippen LogP contribution in [0.2, 0.25) is 0 Å². The summed E-state index contributed by atoms with van der Waals surface area (Å²) in [5, 5.41) is 0. The third kappa shape index (κ3) is 3.00. The molecule has 14 heavy (non-hydrogen) atoms. The Kier molecular flexibility index (Phi) is 3.89. The van der Waals surface area contributed by atoms with Crippen LogP contribution in [0.1, 0.15) is 12.5 Å². The van der Waals surface area contributed by atoms with Gasteiger partial charge in [-0.1, -0.05) is 12.1 Å². The standard InChI is InChI=1S/C11H11BrO2/c1-8(13)11(12)7-9-3-5-10(14-2)6-4-9/h3-7H,1-2H3/b11-7-. The quantitative estimate of drug-likeness (QED) is 0.776. The molecule has 0 spiro atoms. The Morgan fingerprint density at radius 2 is 1.93 bits per heavy atom. The summed E-state index contributed by atoms with van der Waals surface area (Å²) < 4.78 is 5.59. The highest BCUT2D eigenvalue weighted by molar-refractivity contribution is 9.12. The molecule has 0 heterocycles. The van der Waals surface area contributed by atoms with Crippen molar-refractivity contribution in [2.24, 2.45) is 0 Å². The van der Waals surface area contributed by atoms with E-state index in [2.05, 4.69) is 15.9 Å². The maximum absolute atomic E-state index is 10.9. The zero-order valence-corrected chi connectivity index (χ0v) is 9.67. The van der Waals surface area contributed by atoms with Gasteiger partial charge in [0, 0.05) is 0 Å². The average Bonchev–Trinajstić information content (AvgIpc) is 2.19. The van der Waals surface area contributed by atoms with E-state index >= 15 is 0 Å². The van der Waals surface area contributed by atoms with E-state index in [0.29, 0.717) is 4.48 Å². The molecule has 0 unspecified atom stereocenters. The van der Waals surface area contributed by atoms with Crippen LogP contribution in [0.5, 0.6) is 5.75 Å². The number of carbonyl (C=O) groups excluding carboxylic acids is 1. The van der Waals surface area contributed by atoms with Gasteiger partial charge in [0.2, 0.25) is 0 Å². The van der Waals surface area contributed by atoms with E-state index in [-0.39, 0.29) is 5.78 Å². The van der Waals surface area contributed by atoms with Crippen molar-refractivity contribution in [2.75, 3.05) is 7.11 Å². The van der Waals surface area contributed by atoms with Gasteiger partial charge in [0.05, 0.1) is 11.6 Å². The molecule has 0 aliphatic rings. The summed E-state index contributed by atoms with van der Waals surface area (Å²) in [5.41, 5.74) is 0.966. The lowest BCUT2D eigenvalue weighted by atomic mass is 10.2. The van der Waals surface area contributed by atoms with E-state index in [1.807, 2.05) is 24.3 Å². The molecule has 0 bridgehead atoms. The Bertz CT molecular complexity index is 352. The van der Waals surface area contributed by atoms with Crippen LogP contribution < -0.4 is 4.74 Å². The summed E-state index contributed by atoms with van der Waals surface area (Å²) >= 11 is 3.19. The number of allylic oxidation sites excluding steroid dienone is 1. The fourth-order valence-electron chi connectivity index (χ4n) is 0.948. The first-order valence-electron chi connectivity index (χ1n) is 4.15. The van der Waals surface area contributed by atoms with Crippen molar-refractivity contribution in [3.63, 3.8) is 0 Å². The van der Waals surface area contributed by atoms with Crippen molar-refractivity contribution in [3.8, 4) is 5.75 Å². The number of Topliss-reactive ketones (excluding diaryl/α,β-unsaturated/α-hetero) is 1. The SMILES string of the molecule is COc1ccc(/C=C(\Br)C(C)=O)cc1. The second-order valence-corrected chi connectivity index (χ2v) is 3.68. The van der Waals surface area contributed by atoms with Crippen LogP contribution in [0, 0.1) is 0 Å². The molecule has 0 aliphatic heterocycles. The molecule has 0 saturated heterocycles. The summed E-state index contributed by atoms with van der Waals surface area (Å²) in [4.78, 5) is 10.9. The summed E-state index contributed by atoms with van der Waals surface area (Å²) in [6, 6.07) is 7.49. The highest BCUT2D eigenvalue weighted by Gasteiger charge is 1.98. The molecule has 0 atom stereocenters. The van der Waals surface area contributed by atoms with E-state index in [9.17, 15) is 4.79 Å².